The van der Waals surface area contributed by atoms with Crippen LogP contribution in [0.4, 0.5) is 0 Å². The third-order valence-electron chi connectivity index (χ3n) is 2.28. The van der Waals surface area contributed by atoms with Crippen molar-refractivity contribution in [3.63, 3.8) is 0 Å². The fourth-order valence-electron chi connectivity index (χ4n) is 1.48. The summed E-state index contributed by atoms with van der Waals surface area (Å²) < 4.78 is 0. The number of benzene rings is 1. The second-order valence-electron chi connectivity index (χ2n) is 3.71. The number of amidine groups is 1. The summed E-state index contributed by atoms with van der Waals surface area (Å²) in [6.45, 7) is 4.04. The Labute approximate surface area is 106 Å². The lowest BCUT2D eigenvalue weighted by Crippen LogP contribution is -2.12. The number of nitrogens with zero attached hydrogens (tertiary/aromatic N) is 1. The van der Waals surface area contributed by atoms with Crippen molar-refractivity contribution in [2.75, 3.05) is 0 Å². The fourth-order valence-corrected chi connectivity index (χ4v) is 2.05. The molecule has 0 aliphatic carbocycles. The zero-order valence-electron chi connectivity index (χ0n) is 9.50. The largest absolute Gasteiger partial charge is 0.387 e. The summed E-state index contributed by atoms with van der Waals surface area (Å²) in [6.07, 6.45) is 1.81. The number of hydrogen-bond donors (Lipinski definition) is 1. The highest BCUT2D eigenvalue weighted by Gasteiger charge is 2.09. The van der Waals surface area contributed by atoms with Gasteiger partial charge in [-0.15, -0.1) is 0 Å². The molecule has 1 rings (SSSR count). The predicted molar refractivity (Wildman–Crippen MR) is 71.4 cm³/mol. The number of aliphatic imine (C=N–C) groups is 1. The molecule has 88 valence electrons. The maximum atomic E-state index is 6.09. The van der Waals surface area contributed by atoms with E-state index in [1.165, 1.54) is 0 Å². The second-order valence-corrected chi connectivity index (χ2v) is 4.56. The molecule has 16 heavy (non-hydrogen) atoms. The molecule has 1 aromatic carbocycles. The average molecular weight is 259 g/mol. The Balaban J connectivity index is 2.88. The van der Waals surface area contributed by atoms with Gasteiger partial charge in [-0.05, 0) is 31.0 Å². The first-order valence-electron chi connectivity index (χ1n) is 5.31. The summed E-state index contributed by atoms with van der Waals surface area (Å²) in [6, 6.07) is 5.39. The Morgan fingerprint density at radius 1 is 1.44 bits per heavy atom. The predicted octanol–water partition coefficient (Wildman–Crippen LogP) is 4.21. The van der Waals surface area contributed by atoms with Gasteiger partial charge in [-0.1, -0.05) is 36.2 Å². The molecule has 0 heterocycles. The van der Waals surface area contributed by atoms with Gasteiger partial charge < -0.3 is 5.73 Å². The van der Waals surface area contributed by atoms with Gasteiger partial charge in [0.15, 0.2) is 0 Å². The van der Waals surface area contributed by atoms with Crippen LogP contribution in [0.3, 0.4) is 0 Å². The minimum absolute atomic E-state index is 0.0312. The van der Waals surface area contributed by atoms with Crippen LogP contribution in [0.2, 0.25) is 10.0 Å². The summed E-state index contributed by atoms with van der Waals surface area (Å²) in [7, 11) is 0. The molecule has 1 atom stereocenters. The molecule has 4 heteroatoms. The molecule has 0 aromatic heterocycles. The van der Waals surface area contributed by atoms with Crippen molar-refractivity contribution in [2.24, 2.45) is 10.7 Å². The van der Waals surface area contributed by atoms with Crippen molar-refractivity contribution < 1.29 is 0 Å². The number of rotatable bonds is 4. The Hall–Kier alpha value is -0.730. The van der Waals surface area contributed by atoms with Gasteiger partial charge >= 0.3 is 0 Å². The van der Waals surface area contributed by atoms with Gasteiger partial charge in [0.1, 0.15) is 0 Å². The molecule has 0 bridgehead atoms. The molecule has 2 N–H and O–H groups in total. The second kappa shape index (κ2) is 6.12. The van der Waals surface area contributed by atoms with Crippen LogP contribution in [0, 0.1) is 0 Å². The topological polar surface area (TPSA) is 38.4 Å². The molecule has 0 radical (unpaired) electrons. The summed E-state index contributed by atoms with van der Waals surface area (Å²) >= 11 is 11.9. The lowest BCUT2D eigenvalue weighted by atomic mass is 10.1. The first kappa shape index (κ1) is 13.3. The van der Waals surface area contributed by atoms with Gasteiger partial charge in [0.2, 0.25) is 0 Å². The van der Waals surface area contributed by atoms with E-state index in [1.54, 1.807) is 6.07 Å². The fraction of sp³-hybridized carbons (Fsp3) is 0.417. The molecule has 0 spiro atoms. The normalized spacial score (nSPS) is 13.9. The van der Waals surface area contributed by atoms with Gasteiger partial charge in [-0.3, -0.25) is 4.99 Å². The smallest absolute Gasteiger partial charge is 0.0944 e. The van der Waals surface area contributed by atoms with E-state index in [1.807, 2.05) is 19.1 Å². The quantitative estimate of drug-likeness (QED) is 0.638. The van der Waals surface area contributed by atoms with Crippen molar-refractivity contribution in [3.8, 4) is 0 Å². The van der Waals surface area contributed by atoms with Crippen LogP contribution in [0.15, 0.2) is 23.2 Å². The van der Waals surface area contributed by atoms with Crippen LogP contribution in [0.5, 0.6) is 0 Å². The van der Waals surface area contributed by atoms with Crippen LogP contribution < -0.4 is 5.73 Å². The SMILES string of the molecule is CCCC(N)=NC(C)c1ccc(Cl)cc1Cl. The van der Waals surface area contributed by atoms with Gasteiger partial charge in [0.05, 0.1) is 11.9 Å². The van der Waals surface area contributed by atoms with Gasteiger partial charge in [-0.25, -0.2) is 0 Å². The minimum atomic E-state index is -0.0312. The number of hydrogen-bond acceptors (Lipinski definition) is 1. The molecular formula is C12H16Cl2N2. The number of halogens is 2. The molecular weight excluding hydrogens is 243 g/mol. The van der Waals surface area contributed by atoms with Crippen molar-refractivity contribution in [3.05, 3.63) is 33.8 Å². The molecule has 0 fully saturated rings. The first-order chi connectivity index (χ1) is 7.54. The molecule has 0 saturated heterocycles. The summed E-state index contributed by atoms with van der Waals surface area (Å²) in [5.41, 5.74) is 6.73. The molecule has 2 nitrogen and oxygen atoms in total. The van der Waals surface area contributed by atoms with Crippen LogP contribution in [-0.2, 0) is 0 Å². The Morgan fingerprint density at radius 3 is 2.69 bits per heavy atom. The molecule has 0 saturated carbocycles. The van der Waals surface area contributed by atoms with E-state index in [0.29, 0.717) is 15.9 Å². The maximum Gasteiger partial charge on any atom is 0.0944 e. The Bertz CT molecular complexity index is 389. The summed E-state index contributed by atoms with van der Waals surface area (Å²) in [4.78, 5) is 4.39. The van der Waals surface area contributed by atoms with Gasteiger partial charge in [-0.2, -0.15) is 0 Å². The van der Waals surface area contributed by atoms with Crippen molar-refractivity contribution in [1.82, 2.24) is 0 Å². The Morgan fingerprint density at radius 2 is 2.12 bits per heavy atom. The third kappa shape index (κ3) is 3.69. The van der Waals surface area contributed by atoms with E-state index >= 15 is 0 Å². The summed E-state index contributed by atoms with van der Waals surface area (Å²) in [5, 5.41) is 1.26. The van der Waals surface area contributed by atoms with E-state index in [0.717, 1.165) is 18.4 Å². The van der Waals surface area contributed by atoms with E-state index < -0.39 is 0 Å². The molecule has 1 aromatic rings. The zero-order valence-corrected chi connectivity index (χ0v) is 11.0. The molecule has 1 unspecified atom stereocenters. The van der Waals surface area contributed by atoms with Crippen LogP contribution >= 0.6 is 23.2 Å². The van der Waals surface area contributed by atoms with Crippen molar-refractivity contribution in [1.29, 1.82) is 0 Å². The van der Waals surface area contributed by atoms with Crippen molar-refractivity contribution >= 4 is 29.0 Å². The highest BCUT2D eigenvalue weighted by Crippen LogP contribution is 2.28. The zero-order chi connectivity index (χ0) is 12.1. The van der Waals surface area contributed by atoms with E-state index in [2.05, 4.69) is 11.9 Å². The molecule has 0 amide bonds. The summed E-state index contributed by atoms with van der Waals surface area (Å²) in [5.74, 6) is 0.668. The average Bonchev–Trinajstić information content (AvgIpc) is 2.17. The van der Waals surface area contributed by atoms with Crippen LogP contribution in [0.1, 0.15) is 38.3 Å². The van der Waals surface area contributed by atoms with Gasteiger partial charge in [0, 0.05) is 16.5 Å². The van der Waals surface area contributed by atoms with E-state index in [9.17, 15) is 0 Å². The Kier molecular flexibility index (Phi) is 5.10. The monoisotopic (exact) mass is 258 g/mol. The van der Waals surface area contributed by atoms with E-state index in [-0.39, 0.29) is 6.04 Å². The first-order valence-corrected chi connectivity index (χ1v) is 6.07. The van der Waals surface area contributed by atoms with Crippen LogP contribution in [0.25, 0.3) is 0 Å². The third-order valence-corrected chi connectivity index (χ3v) is 2.84. The lowest BCUT2D eigenvalue weighted by Gasteiger charge is -2.10. The number of nitrogens with two attached hydrogens (primary N) is 1. The maximum absolute atomic E-state index is 6.09. The van der Waals surface area contributed by atoms with E-state index in [4.69, 9.17) is 28.9 Å². The van der Waals surface area contributed by atoms with Gasteiger partial charge in [0.25, 0.3) is 0 Å². The van der Waals surface area contributed by atoms with Crippen molar-refractivity contribution in [2.45, 2.75) is 32.7 Å². The standard InChI is InChI=1S/C12H16Cl2N2/c1-3-4-12(15)16-8(2)10-6-5-9(13)7-11(10)14/h5-8H,3-4H2,1-2H3,(H2,15,16). The molecule has 0 aliphatic heterocycles. The molecule has 0 aliphatic rings. The minimum Gasteiger partial charge on any atom is -0.387 e. The highest BCUT2D eigenvalue weighted by molar-refractivity contribution is 6.35. The van der Waals surface area contributed by atoms with Crippen LogP contribution in [-0.4, -0.2) is 5.84 Å². The lowest BCUT2D eigenvalue weighted by molar-refractivity contribution is 0.806. The highest BCUT2D eigenvalue weighted by atomic mass is 35.5.